The zero-order valence-electron chi connectivity index (χ0n) is 18.5. The van der Waals surface area contributed by atoms with E-state index < -0.39 is 32.6 Å². The van der Waals surface area contributed by atoms with E-state index in [9.17, 15) is 21.9 Å². The second kappa shape index (κ2) is 13.0. The Morgan fingerprint density at radius 3 is 2.29 bits per heavy atom. The van der Waals surface area contributed by atoms with Gasteiger partial charge in [-0.25, -0.2) is 23.1 Å². The number of nitrogen functional groups attached to an aromatic ring is 1. The number of azo groups is 1. The van der Waals surface area contributed by atoms with Gasteiger partial charge in [0.2, 0.25) is 0 Å². The van der Waals surface area contributed by atoms with Crippen molar-refractivity contribution in [3.8, 4) is 5.75 Å². The molecule has 0 spiro atoms. The molecule has 20 heteroatoms. The molecule has 0 saturated heterocycles. The van der Waals surface area contributed by atoms with Gasteiger partial charge in [0.05, 0.1) is 51.9 Å². The predicted octanol–water partition coefficient (Wildman–Crippen LogP) is 3.99. The van der Waals surface area contributed by atoms with E-state index in [2.05, 4.69) is 33.2 Å². The number of aromatic hydroxyl groups is 1. The van der Waals surface area contributed by atoms with Gasteiger partial charge in [-0.2, -0.15) is 8.42 Å². The zero-order chi connectivity index (χ0) is 27.9. The predicted molar refractivity (Wildman–Crippen MR) is 132 cm³/mol. The molecule has 0 radical (unpaired) electrons. The molecule has 16 nitrogen and oxygen atoms in total. The molecule has 0 saturated carbocycles. The highest BCUT2D eigenvalue weighted by molar-refractivity contribution is 7.95. The standard InChI is InChI=1S/C18H17N3O13S4/c19-14-3-2-12-13(7-10(8-16(12)22)35-33-31-23)18(14)21-20-15-4-1-11(9-17(15)36-34-32-24)37(25,26)6-5-30-38(27,28)29/h1-4,7-9,22-24H,5-6,19H2,(H,27,28,29). The SMILES string of the molecule is Nc1ccc2c(O)cc(SOOO)cc2c1N=Nc1ccc(S(=O)(=O)CCOS(=O)(=O)O)cc1SOOO. The monoisotopic (exact) mass is 611 g/mol. The summed E-state index contributed by atoms with van der Waals surface area (Å²) in [6, 6.07) is 9.32. The number of benzene rings is 3. The summed E-state index contributed by atoms with van der Waals surface area (Å²) in [7, 11) is -8.93. The van der Waals surface area contributed by atoms with Crippen molar-refractivity contribution in [3.05, 3.63) is 42.5 Å². The number of nitrogens with zero attached hydrogens (tertiary/aromatic N) is 2. The molecule has 3 aromatic rings. The second-order valence-corrected chi connectivity index (χ2v) is 11.6. The average molecular weight is 612 g/mol. The minimum atomic E-state index is -4.83. The van der Waals surface area contributed by atoms with Crippen LogP contribution in [0, 0.1) is 0 Å². The van der Waals surface area contributed by atoms with Crippen molar-refractivity contribution in [2.45, 2.75) is 14.7 Å². The lowest BCUT2D eigenvalue weighted by atomic mass is 10.1. The number of hydrogen-bond donors (Lipinski definition) is 5. The van der Waals surface area contributed by atoms with Gasteiger partial charge in [-0.05, 0) is 42.5 Å². The maximum Gasteiger partial charge on any atom is 0.397 e. The summed E-state index contributed by atoms with van der Waals surface area (Å²) in [6.07, 6.45) is 0. The summed E-state index contributed by atoms with van der Waals surface area (Å²) in [4.78, 5) is -0.00358. The first kappa shape index (κ1) is 29.9. The molecule has 0 aliphatic rings. The summed E-state index contributed by atoms with van der Waals surface area (Å²) in [5.74, 6) is -0.962. The lowest BCUT2D eigenvalue weighted by Crippen LogP contribution is -2.15. The Bertz CT molecular complexity index is 1550. The molecular formula is C18H17N3O13S4. The normalized spacial score (nSPS) is 12.5. The minimum absolute atomic E-state index is 0.00836. The molecular weight excluding hydrogens is 594 g/mol. The topological polar surface area (TPSA) is 246 Å². The van der Waals surface area contributed by atoms with E-state index in [1.54, 1.807) is 0 Å². The van der Waals surface area contributed by atoms with Crippen molar-refractivity contribution in [1.82, 2.24) is 0 Å². The molecule has 0 bridgehead atoms. The van der Waals surface area contributed by atoms with Gasteiger partial charge < -0.3 is 10.8 Å². The molecule has 6 N–H and O–H groups in total. The summed E-state index contributed by atoms with van der Waals surface area (Å²) in [6.45, 7) is -0.843. The number of nitrogens with two attached hydrogens (primary N) is 1. The lowest BCUT2D eigenvalue weighted by molar-refractivity contribution is -0.432. The van der Waals surface area contributed by atoms with Gasteiger partial charge in [-0.1, -0.05) is 10.1 Å². The van der Waals surface area contributed by atoms with E-state index in [1.165, 1.54) is 30.3 Å². The van der Waals surface area contributed by atoms with Crippen LogP contribution >= 0.6 is 24.1 Å². The van der Waals surface area contributed by atoms with Crippen molar-refractivity contribution < 1.29 is 59.9 Å². The van der Waals surface area contributed by atoms with E-state index in [0.717, 1.165) is 12.1 Å². The molecule has 0 amide bonds. The Labute approximate surface area is 222 Å². The van der Waals surface area contributed by atoms with Crippen LogP contribution in [0.25, 0.3) is 10.8 Å². The highest BCUT2D eigenvalue weighted by Gasteiger charge is 2.19. The number of anilines is 1. The van der Waals surface area contributed by atoms with Crippen LogP contribution in [0.15, 0.2) is 67.4 Å². The van der Waals surface area contributed by atoms with Crippen LogP contribution in [0.5, 0.6) is 5.75 Å². The molecule has 38 heavy (non-hydrogen) atoms. The molecule has 0 fully saturated rings. The van der Waals surface area contributed by atoms with E-state index in [-0.39, 0.29) is 32.6 Å². The van der Waals surface area contributed by atoms with Gasteiger partial charge >= 0.3 is 10.4 Å². The lowest BCUT2D eigenvalue weighted by Gasteiger charge is -2.10. The molecule has 0 unspecified atom stereocenters. The van der Waals surface area contributed by atoms with Gasteiger partial charge in [0.15, 0.2) is 9.84 Å². The Kier molecular flexibility index (Phi) is 10.2. The number of fused-ring (bicyclic) bond motifs is 1. The smallest absolute Gasteiger partial charge is 0.397 e. The van der Waals surface area contributed by atoms with Crippen LogP contribution in [0.1, 0.15) is 0 Å². The number of rotatable bonds is 13. The molecule has 206 valence electrons. The second-order valence-electron chi connectivity index (χ2n) is 6.89. The Balaban J connectivity index is 2.00. The quantitative estimate of drug-likeness (QED) is 0.0457. The Morgan fingerprint density at radius 1 is 0.895 bits per heavy atom. The fraction of sp³-hybridized carbons (Fsp3) is 0.111. The van der Waals surface area contributed by atoms with Crippen LogP contribution in [-0.4, -0.2) is 49.4 Å². The molecule has 0 atom stereocenters. The first-order chi connectivity index (χ1) is 17.9. The summed E-state index contributed by atoms with van der Waals surface area (Å²) >= 11 is 0.961. The fourth-order valence-corrected chi connectivity index (χ4v) is 5.46. The molecule has 3 aromatic carbocycles. The maximum atomic E-state index is 12.5. The number of phenols is 1. The van der Waals surface area contributed by atoms with Crippen molar-refractivity contribution >= 4 is 72.2 Å². The van der Waals surface area contributed by atoms with Crippen molar-refractivity contribution in [1.29, 1.82) is 0 Å². The Hall–Kier alpha value is -2.60. The third kappa shape index (κ3) is 7.95. The third-order valence-corrected chi connectivity index (χ3v) is 7.87. The molecule has 0 aromatic heterocycles. The van der Waals surface area contributed by atoms with E-state index in [0.29, 0.717) is 39.8 Å². The number of sulfone groups is 1. The molecule has 0 heterocycles. The number of phenolic OH excluding ortho intramolecular Hbond substituents is 1. The zero-order valence-corrected chi connectivity index (χ0v) is 21.8. The highest BCUT2D eigenvalue weighted by atomic mass is 32.3. The molecule has 0 aliphatic carbocycles. The molecule has 0 aliphatic heterocycles. The summed E-state index contributed by atoms with van der Waals surface area (Å²) in [5.41, 5.74) is 6.35. The summed E-state index contributed by atoms with van der Waals surface area (Å²) in [5, 5.41) is 43.3. The van der Waals surface area contributed by atoms with Crippen LogP contribution in [0.2, 0.25) is 0 Å². The van der Waals surface area contributed by atoms with Crippen LogP contribution in [-0.2, 0) is 43.2 Å². The van der Waals surface area contributed by atoms with Gasteiger partial charge in [0.1, 0.15) is 17.1 Å². The van der Waals surface area contributed by atoms with Crippen molar-refractivity contribution in [2.24, 2.45) is 10.2 Å². The van der Waals surface area contributed by atoms with Gasteiger partial charge in [0, 0.05) is 15.7 Å². The van der Waals surface area contributed by atoms with E-state index >= 15 is 0 Å². The fourth-order valence-electron chi connectivity index (χ4n) is 2.96. The first-order valence-electron chi connectivity index (χ1n) is 9.70. The minimum Gasteiger partial charge on any atom is -0.507 e. The van der Waals surface area contributed by atoms with Crippen LogP contribution in [0.4, 0.5) is 17.1 Å². The first-order valence-corrected chi connectivity index (χ1v) is 14.2. The largest absolute Gasteiger partial charge is 0.507 e. The maximum absolute atomic E-state index is 12.5. The van der Waals surface area contributed by atoms with Gasteiger partial charge in [-0.15, -0.1) is 18.9 Å². The highest BCUT2D eigenvalue weighted by Crippen LogP contribution is 2.41. The summed E-state index contributed by atoms with van der Waals surface area (Å²) < 4.78 is 67.9. The van der Waals surface area contributed by atoms with Crippen LogP contribution < -0.4 is 5.73 Å². The Morgan fingerprint density at radius 2 is 1.61 bits per heavy atom. The van der Waals surface area contributed by atoms with Gasteiger partial charge in [0.25, 0.3) is 0 Å². The molecule has 3 rings (SSSR count). The third-order valence-electron chi connectivity index (χ3n) is 4.54. The average Bonchev–Trinajstić information content (AvgIpc) is 2.84. The number of hydrogen-bond acceptors (Lipinski definition) is 17. The van der Waals surface area contributed by atoms with Crippen molar-refractivity contribution in [2.75, 3.05) is 18.1 Å². The van der Waals surface area contributed by atoms with E-state index in [4.69, 9.17) is 20.8 Å². The van der Waals surface area contributed by atoms with Crippen molar-refractivity contribution in [3.63, 3.8) is 0 Å². The van der Waals surface area contributed by atoms with Crippen LogP contribution in [0.3, 0.4) is 0 Å². The van der Waals surface area contributed by atoms with Gasteiger partial charge in [-0.3, -0.25) is 4.55 Å². The van der Waals surface area contributed by atoms with E-state index in [1.807, 2.05) is 0 Å².